The van der Waals surface area contributed by atoms with E-state index in [0.717, 1.165) is 26.1 Å². The van der Waals surface area contributed by atoms with Gasteiger partial charge in [0.2, 0.25) is 5.91 Å². The molecular formula is C12H25N3O2. The zero-order valence-corrected chi connectivity index (χ0v) is 11.1. The molecule has 0 bridgehead atoms. The van der Waals surface area contributed by atoms with Crippen molar-refractivity contribution in [2.75, 3.05) is 33.9 Å². The van der Waals surface area contributed by atoms with Crippen LogP contribution in [0.1, 0.15) is 19.8 Å². The Morgan fingerprint density at radius 2 is 2.06 bits per heavy atom. The van der Waals surface area contributed by atoms with Crippen LogP contribution in [0.25, 0.3) is 0 Å². The van der Waals surface area contributed by atoms with Gasteiger partial charge in [0.25, 0.3) is 0 Å². The van der Waals surface area contributed by atoms with Gasteiger partial charge >= 0.3 is 0 Å². The fourth-order valence-corrected chi connectivity index (χ4v) is 1.84. The Morgan fingerprint density at radius 1 is 1.47 bits per heavy atom. The van der Waals surface area contributed by atoms with E-state index in [1.165, 1.54) is 0 Å². The Kier molecular flexibility index (Phi) is 5.88. The molecule has 1 amide bonds. The molecule has 1 rings (SSSR count). The number of amides is 1. The van der Waals surface area contributed by atoms with Crippen LogP contribution in [0.15, 0.2) is 0 Å². The van der Waals surface area contributed by atoms with Crippen molar-refractivity contribution in [3.63, 3.8) is 0 Å². The van der Waals surface area contributed by atoms with Crippen molar-refractivity contribution < 1.29 is 9.53 Å². The van der Waals surface area contributed by atoms with E-state index < -0.39 is 6.04 Å². The third-order valence-electron chi connectivity index (χ3n) is 3.53. The van der Waals surface area contributed by atoms with Crippen molar-refractivity contribution in [1.82, 2.24) is 10.2 Å². The first-order valence-corrected chi connectivity index (χ1v) is 6.30. The number of nitrogens with zero attached hydrogens (tertiary/aromatic N) is 1. The van der Waals surface area contributed by atoms with Gasteiger partial charge in [-0.1, -0.05) is 0 Å². The summed E-state index contributed by atoms with van der Waals surface area (Å²) in [5, 5.41) is 2.91. The maximum atomic E-state index is 11.9. The predicted octanol–water partition coefficient (Wildman–Crippen LogP) is -0.193. The van der Waals surface area contributed by atoms with Crippen LogP contribution in [0.3, 0.4) is 0 Å². The van der Waals surface area contributed by atoms with Gasteiger partial charge in [-0.15, -0.1) is 0 Å². The summed E-state index contributed by atoms with van der Waals surface area (Å²) in [6, 6.07) is -0.0749. The smallest absolute Gasteiger partial charge is 0.237 e. The van der Waals surface area contributed by atoms with E-state index in [1.54, 1.807) is 0 Å². The highest BCUT2D eigenvalue weighted by molar-refractivity contribution is 5.81. The van der Waals surface area contributed by atoms with Gasteiger partial charge in [0.15, 0.2) is 0 Å². The third kappa shape index (κ3) is 4.61. The molecule has 1 aliphatic rings. The summed E-state index contributed by atoms with van der Waals surface area (Å²) < 4.78 is 5.27. The molecule has 5 nitrogen and oxygen atoms in total. The van der Waals surface area contributed by atoms with Crippen molar-refractivity contribution in [2.45, 2.75) is 31.8 Å². The third-order valence-corrected chi connectivity index (χ3v) is 3.53. The summed E-state index contributed by atoms with van der Waals surface area (Å²) in [5.41, 5.74) is 5.97. The molecule has 1 saturated heterocycles. The predicted molar refractivity (Wildman–Crippen MR) is 67.7 cm³/mol. The lowest BCUT2D eigenvalue weighted by atomic mass is 9.92. The number of carbonyl (C=O) groups is 1. The van der Waals surface area contributed by atoms with Crippen LogP contribution in [-0.4, -0.2) is 56.7 Å². The van der Waals surface area contributed by atoms with Gasteiger partial charge in [-0.3, -0.25) is 4.79 Å². The number of hydrogen-bond donors (Lipinski definition) is 2. The molecule has 0 aromatic heterocycles. The average molecular weight is 243 g/mol. The SMILES string of the molecule is CC(CNC(=O)C(N)C1CCOCC1)N(C)C. The maximum absolute atomic E-state index is 11.9. The largest absolute Gasteiger partial charge is 0.381 e. The van der Waals surface area contributed by atoms with E-state index in [-0.39, 0.29) is 11.8 Å². The summed E-state index contributed by atoms with van der Waals surface area (Å²) in [7, 11) is 3.99. The first-order valence-electron chi connectivity index (χ1n) is 6.30. The highest BCUT2D eigenvalue weighted by Crippen LogP contribution is 2.17. The van der Waals surface area contributed by atoms with E-state index in [1.807, 2.05) is 14.1 Å². The highest BCUT2D eigenvalue weighted by atomic mass is 16.5. The topological polar surface area (TPSA) is 67.6 Å². The van der Waals surface area contributed by atoms with E-state index in [9.17, 15) is 4.79 Å². The quantitative estimate of drug-likeness (QED) is 0.702. The number of likely N-dealkylation sites (N-methyl/N-ethyl adjacent to an activating group) is 1. The number of hydrogen-bond acceptors (Lipinski definition) is 4. The summed E-state index contributed by atoms with van der Waals surface area (Å²) in [4.78, 5) is 13.9. The monoisotopic (exact) mass is 243 g/mol. The van der Waals surface area contributed by atoms with Gasteiger partial charge in [0.05, 0.1) is 6.04 Å². The second-order valence-corrected chi connectivity index (χ2v) is 5.03. The molecule has 17 heavy (non-hydrogen) atoms. The standard InChI is InChI=1S/C12H25N3O2/c1-9(15(2)3)8-14-12(16)11(13)10-4-6-17-7-5-10/h9-11H,4-8,13H2,1-3H3,(H,14,16). The lowest BCUT2D eigenvalue weighted by Gasteiger charge is -2.27. The minimum absolute atomic E-state index is 0.0365. The van der Waals surface area contributed by atoms with Gasteiger partial charge in [-0.25, -0.2) is 0 Å². The maximum Gasteiger partial charge on any atom is 0.237 e. The summed E-state index contributed by atoms with van der Waals surface area (Å²) in [5.74, 6) is 0.226. The Labute approximate surface area is 104 Å². The molecule has 1 heterocycles. The molecule has 100 valence electrons. The number of ether oxygens (including phenoxy) is 1. The number of rotatable bonds is 5. The molecule has 0 aromatic rings. The molecule has 2 unspecified atom stereocenters. The molecule has 1 fully saturated rings. The lowest BCUT2D eigenvalue weighted by molar-refractivity contribution is -0.124. The molecule has 5 heteroatoms. The van der Waals surface area contributed by atoms with Crippen molar-refractivity contribution in [3.8, 4) is 0 Å². The Balaban J connectivity index is 2.30. The van der Waals surface area contributed by atoms with E-state index in [0.29, 0.717) is 12.6 Å². The molecule has 0 aromatic carbocycles. The molecule has 0 spiro atoms. The van der Waals surface area contributed by atoms with Crippen molar-refractivity contribution in [2.24, 2.45) is 11.7 Å². The number of carbonyl (C=O) groups excluding carboxylic acids is 1. The van der Waals surface area contributed by atoms with E-state index >= 15 is 0 Å². The number of nitrogens with two attached hydrogens (primary N) is 1. The number of nitrogens with one attached hydrogen (secondary N) is 1. The lowest BCUT2D eigenvalue weighted by Crippen LogP contribution is -2.49. The molecule has 0 saturated carbocycles. The summed E-state index contributed by atoms with van der Waals surface area (Å²) >= 11 is 0. The molecule has 2 atom stereocenters. The normalized spacial score (nSPS) is 21.2. The second-order valence-electron chi connectivity index (χ2n) is 5.03. The van der Waals surface area contributed by atoms with E-state index in [4.69, 9.17) is 10.5 Å². The van der Waals surface area contributed by atoms with Crippen LogP contribution >= 0.6 is 0 Å². The zero-order chi connectivity index (χ0) is 12.8. The fraction of sp³-hybridized carbons (Fsp3) is 0.917. The van der Waals surface area contributed by atoms with Crippen molar-refractivity contribution in [3.05, 3.63) is 0 Å². The van der Waals surface area contributed by atoms with Crippen LogP contribution in [0, 0.1) is 5.92 Å². The minimum Gasteiger partial charge on any atom is -0.381 e. The molecule has 0 aliphatic carbocycles. The van der Waals surface area contributed by atoms with Gasteiger partial charge in [0, 0.05) is 25.8 Å². The zero-order valence-electron chi connectivity index (χ0n) is 11.1. The van der Waals surface area contributed by atoms with Crippen molar-refractivity contribution in [1.29, 1.82) is 0 Å². The Hall–Kier alpha value is -0.650. The van der Waals surface area contributed by atoms with E-state index in [2.05, 4.69) is 17.1 Å². The molecular weight excluding hydrogens is 218 g/mol. The molecule has 0 radical (unpaired) electrons. The van der Waals surface area contributed by atoms with Crippen LogP contribution in [-0.2, 0) is 9.53 Å². The Bertz CT molecular complexity index is 240. The first-order chi connectivity index (χ1) is 8.02. The first kappa shape index (κ1) is 14.4. The molecule has 3 N–H and O–H groups in total. The van der Waals surface area contributed by atoms with Crippen molar-refractivity contribution >= 4 is 5.91 Å². The molecule has 1 aliphatic heterocycles. The van der Waals surface area contributed by atoms with Crippen LogP contribution < -0.4 is 11.1 Å². The van der Waals surface area contributed by atoms with Gasteiger partial charge in [-0.2, -0.15) is 0 Å². The second kappa shape index (κ2) is 6.93. The van der Waals surface area contributed by atoms with Crippen LogP contribution in [0.2, 0.25) is 0 Å². The Morgan fingerprint density at radius 3 is 2.59 bits per heavy atom. The summed E-state index contributed by atoms with van der Waals surface area (Å²) in [6.07, 6.45) is 1.77. The summed E-state index contributed by atoms with van der Waals surface area (Å²) in [6.45, 7) is 4.16. The van der Waals surface area contributed by atoms with Gasteiger partial charge in [0.1, 0.15) is 0 Å². The van der Waals surface area contributed by atoms with Gasteiger partial charge in [-0.05, 0) is 39.8 Å². The van der Waals surface area contributed by atoms with Crippen LogP contribution in [0.5, 0.6) is 0 Å². The fourth-order valence-electron chi connectivity index (χ4n) is 1.84. The highest BCUT2D eigenvalue weighted by Gasteiger charge is 2.26. The minimum atomic E-state index is -0.395. The average Bonchev–Trinajstić information content (AvgIpc) is 2.35. The van der Waals surface area contributed by atoms with Gasteiger partial charge < -0.3 is 20.7 Å². The van der Waals surface area contributed by atoms with Crippen LogP contribution in [0.4, 0.5) is 0 Å².